The Labute approximate surface area is 158 Å². The molecule has 4 aromatic rings. The number of carbonyl (C=O) groups is 1. The van der Waals surface area contributed by atoms with Crippen LogP contribution in [0.4, 0.5) is 5.82 Å². The molecule has 10 nitrogen and oxygen atoms in total. The van der Waals surface area contributed by atoms with Crippen LogP contribution in [0.1, 0.15) is 28.8 Å². The quantitative estimate of drug-likeness (QED) is 0.561. The van der Waals surface area contributed by atoms with E-state index in [-0.39, 0.29) is 11.6 Å². The number of nitrogens with one attached hydrogen (secondary N) is 1. The summed E-state index contributed by atoms with van der Waals surface area (Å²) in [5.41, 5.74) is 2.10. The Hall–Kier alpha value is -3.27. The van der Waals surface area contributed by atoms with Gasteiger partial charge < -0.3 is 5.32 Å². The largest absolute Gasteiger partial charge is 0.301 e. The first-order valence-corrected chi connectivity index (χ1v) is 8.66. The third kappa shape index (κ3) is 3.26. The maximum absolute atomic E-state index is 12.4. The minimum atomic E-state index is -0.511. The highest BCUT2D eigenvalue weighted by molar-refractivity contribution is 6.33. The van der Waals surface area contributed by atoms with Crippen LogP contribution >= 0.6 is 11.6 Å². The average molecular weight is 386 g/mol. The second-order valence-corrected chi connectivity index (χ2v) is 6.26. The van der Waals surface area contributed by atoms with Crippen LogP contribution in [0, 0.1) is 6.92 Å². The molecule has 27 heavy (non-hydrogen) atoms. The summed E-state index contributed by atoms with van der Waals surface area (Å²) in [6.45, 7) is 5.33. The van der Waals surface area contributed by atoms with E-state index in [0.717, 1.165) is 17.8 Å². The monoisotopic (exact) mass is 385 g/mol. The Bertz CT molecular complexity index is 1090. The molecule has 0 bridgehead atoms. The third-order valence-corrected chi connectivity index (χ3v) is 4.38. The molecule has 1 N–H and O–H groups in total. The van der Waals surface area contributed by atoms with Crippen molar-refractivity contribution in [2.24, 2.45) is 0 Å². The fourth-order valence-electron chi connectivity index (χ4n) is 2.69. The highest BCUT2D eigenvalue weighted by atomic mass is 35.5. The highest BCUT2D eigenvalue weighted by Gasteiger charge is 2.17. The van der Waals surface area contributed by atoms with Crippen molar-refractivity contribution in [3.63, 3.8) is 0 Å². The number of amides is 1. The lowest BCUT2D eigenvalue weighted by atomic mass is 10.2. The van der Waals surface area contributed by atoms with Gasteiger partial charge in [-0.05, 0) is 19.9 Å². The lowest BCUT2D eigenvalue weighted by Gasteiger charge is -2.03. The van der Waals surface area contributed by atoms with Gasteiger partial charge in [-0.2, -0.15) is 15.2 Å². The fourth-order valence-corrected chi connectivity index (χ4v) is 2.89. The molecule has 4 heterocycles. The Morgan fingerprint density at radius 3 is 2.93 bits per heavy atom. The minimum Gasteiger partial charge on any atom is -0.301 e. The lowest BCUT2D eigenvalue weighted by molar-refractivity contribution is 0.101. The Morgan fingerprint density at radius 2 is 2.19 bits per heavy atom. The second kappa shape index (κ2) is 6.80. The molecule has 138 valence electrons. The van der Waals surface area contributed by atoms with Gasteiger partial charge in [-0.25, -0.2) is 9.50 Å². The molecule has 0 aliphatic heterocycles. The van der Waals surface area contributed by atoms with Crippen LogP contribution in [0.2, 0.25) is 5.02 Å². The van der Waals surface area contributed by atoms with E-state index in [1.54, 1.807) is 35.5 Å². The first-order valence-electron chi connectivity index (χ1n) is 8.28. The van der Waals surface area contributed by atoms with Crippen LogP contribution in [-0.4, -0.2) is 45.1 Å². The van der Waals surface area contributed by atoms with Crippen LogP contribution in [0.15, 0.2) is 30.9 Å². The zero-order chi connectivity index (χ0) is 19.0. The molecule has 0 aliphatic rings. The van der Waals surface area contributed by atoms with Gasteiger partial charge in [0.15, 0.2) is 5.82 Å². The predicted octanol–water partition coefficient (Wildman–Crippen LogP) is 1.80. The second-order valence-electron chi connectivity index (χ2n) is 5.85. The summed E-state index contributed by atoms with van der Waals surface area (Å²) in [5, 5.41) is 15.7. The molecule has 4 rings (SSSR count). The predicted molar refractivity (Wildman–Crippen MR) is 97.7 cm³/mol. The van der Waals surface area contributed by atoms with Gasteiger partial charge in [-0.3, -0.25) is 14.2 Å². The van der Waals surface area contributed by atoms with E-state index in [9.17, 15) is 4.79 Å². The van der Waals surface area contributed by atoms with E-state index in [0.29, 0.717) is 17.3 Å². The van der Waals surface area contributed by atoms with E-state index in [4.69, 9.17) is 11.6 Å². The summed E-state index contributed by atoms with van der Waals surface area (Å²) in [5.74, 6) is 0.0544. The summed E-state index contributed by atoms with van der Waals surface area (Å²) >= 11 is 6.22. The number of anilines is 1. The number of carbonyl (C=O) groups excluding carboxylic acids is 1. The first kappa shape index (κ1) is 17.2. The number of nitrogens with zero attached hydrogens (tertiary/aromatic N) is 8. The van der Waals surface area contributed by atoms with Gasteiger partial charge in [-0.15, -0.1) is 5.10 Å². The summed E-state index contributed by atoms with van der Waals surface area (Å²) < 4.78 is 4.98. The molecule has 0 radical (unpaired) electrons. The zero-order valence-electron chi connectivity index (χ0n) is 14.7. The van der Waals surface area contributed by atoms with Crippen LogP contribution in [0.25, 0.3) is 5.78 Å². The van der Waals surface area contributed by atoms with Crippen molar-refractivity contribution in [3.8, 4) is 0 Å². The van der Waals surface area contributed by atoms with Crippen molar-refractivity contribution in [1.29, 1.82) is 0 Å². The summed E-state index contributed by atoms with van der Waals surface area (Å²) in [6.07, 6.45) is 6.69. The van der Waals surface area contributed by atoms with Crippen molar-refractivity contribution in [1.82, 2.24) is 39.1 Å². The zero-order valence-corrected chi connectivity index (χ0v) is 15.4. The van der Waals surface area contributed by atoms with Gasteiger partial charge in [0.2, 0.25) is 5.82 Å². The van der Waals surface area contributed by atoms with E-state index in [1.165, 1.54) is 4.52 Å². The number of hydrogen-bond acceptors (Lipinski definition) is 6. The van der Waals surface area contributed by atoms with Crippen molar-refractivity contribution < 1.29 is 4.79 Å². The maximum Gasteiger partial charge on any atom is 0.296 e. The van der Waals surface area contributed by atoms with Gasteiger partial charge in [0, 0.05) is 36.4 Å². The van der Waals surface area contributed by atoms with Crippen LogP contribution in [0.5, 0.6) is 0 Å². The molecule has 0 aromatic carbocycles. The van der Waals surface area contributed by atoms with Crippen LogP contribution in [0.3, 0.4) is 0 Å². The van der Waals surface area contributed by atoms with Crippen LogP contribution < -0.4 is 5.32 Å². The molecule has 0 atom stereocenters. The van der Waals surface area contributed by atoms with E-state index in [1.807, 2.05) is 18.5 Å². The van der Waals surface area contributed by atoms with E-state index in [2.05, 4.69) is 30.6 Å². The number of fused-ring (bicyclic) bond motifs is 1. The molecule has 0 saturated heterocycles. The number of aromatic nitrogens is 8. The standard InChI is InChI=1S/C16H16ClN9O/c1-3-25-10(2)11(7-19-25)8-24-9-12(17)13(22-24)20-15(27)14-21-16-18-5-4-6-26(16)23-14/h4-7,9H,3,8H2,1-2H3,(H,20,22,27). The number of halogens is 1. The van der Waals surface area contributed by atoms with Gasteiger partial charge in [-0.1, -0.05) is 11.6 Å². The van der Waals surface area contributed by atoms with E-state index >= 15 is 0 Å². The van der Waals surface area contributed by atoms with E-state index < -0.39 is 5.91 Å². The smallest absolute Gasteiger partial charge is 0.296 e. The molecular formula is C16H16ClN9O. The number of hydrogen-bond donors (Lipinski definition) is 1. The topological polar surface area (TPSA) is 108 Å². The normalized spacial score (nSPS) is 11.2. The lowest BCUT2D eigenvalue weighted by Crippen LogP contribution is -2.15. The summed E-state index contributed by atoms with van der Waals surface area (Å²) in [6, 6.07) is 1.70. The average Bonchev–Trinajstić information content (AvgIpc) is 3.33. The number of aryl methyl sites for hydroxylation is 1. The Kier molecular flexibility index (Phi) is 4.32. The molecular weight excluding hydrogens is 370 g/mol. The van der Waals surface area contributed by atoms with Gasteiger partial charge in [0.05, 0.1) is 12.7 Å². The molecule has 0 unspecified atom stereocenters. The van der Waals surface area contributed by atoms with Gasteiger partial charge in [0.25, 0.3) is 11.7 Å². The summed E-state index contributed by atoms with van der Waals surface area (Å²) in [7, 11) is 0. The molecule has 0 fully saturated rings. The van der Waals surface area contributed by atoms with Crippen molar-refractivity contribution >= 4 is 29.1 Å². The molecule has 1 amide bonds. The first-order chi connectivity index (χ1) is 13.0. The Morgan fingerprint density at radius 1 is 1.33 bits per heavy atom. The van der Waals surface area contributed by atoms with Gasteiger partial charge in [0.1, 0.15) is 5.02 Å². The maximum atomic E-state index is 12.4. The summed E-state index contributed by atoms with van der Waals surface area (Å²) in [4.78, 5) is 20.5. The molecule has 0 aliphatic carbocycles. The van der Waals surface area contributed by atoms with Gasteiger partial charge >= 0.3 is 0 Å². The van der Waals surface area contributed by atoms with Crippen molar-refractivity contribution in [2.75, 3.05) is 5.32 Å². The third-order valence-electron chi connectivity index (χ3n) is 4.11. The highest BCUT2D eigenvalue weighted by Crippen LogP contribution is 2.21. The molecule has 0 spiro atoms. The fraction of sp³-hybridized carbons (Fsp3) is 0.250. The minimum absolute atomic E-state index is 0.0145. The van der Waals surface area contributed by atoms with Crippen molar-refractivity contribution in [2.45, 2.75) is 26.9 Å². The molecule has 11 heteroatoms. The van der Waals surface area contributed by atoms with Crippen molar-refractivity contribution in [3.05, 3.63) is 53.0 Å². The Balaban J connectivity index is 1.52. The SMILES string of the molecule is CCn1ncc(Cn2cc(Cl)c(NC(=O)c3nc4ncccn4n3)n2)c1C. The molecule has 0 saturated carbocycles. The molecule has 4 aromatic heterocycles. The van der Waals surface area contributed by atoms with Crippen LogP contribution in [-0.2, 0) is 13.1 Å². The number of rotatable bonds is 5.